The van der Waals surface area contributed by atoms with Crippen molar-refractivity contribution in [2.45, 2.75) is 62.9 Å². The first-order chi connectivity index (χ1) is 14.8. The van der Waals surface area contributed by atoms with E-state index in [1.165, 1.54) is 6.92 Å². The Balaban J connectivity index is 5.55. The van der Waals surface area contributed by atoms with Crippen LogP contribution >= 0.6 is 12.6 Å². The maximum atomic E-state index is 12.7. The summed E-state index contributed by atoms with van der Waals surface area (Å²) in [5, 5.41) is 25.2. The fourth-order valence-corrected chi connectivity index (χ4v) is 2.58. The van der Waals surface area contributed by atoms with Gasteiger partial charge in [0.15, 0.2) is 0 Å². The quantitative estimate of drug-likeness (QED) is 0.103. The van der Waals surface area contributed by atoms with E-state index in [9.17, 15) is 33.9 Å². The number of primary amides is 2. The average molecular weight is 479 g/mol. The molecule has 0 saturated heterocycles. The Bertz CT molecular complexity index is 719. The van der Waals surface area contributed by atoms with Crippen LogP contribution in [0.5, 0.6) is 0 Å². The fourth-order valence-electron chi connectivity index (χ4n) is 2.33. The molecule has 11 N–H and O–H groups in total. The van der Waals surface area contributed by atoms with Gasteiger partial charge in [-0.3, -0.25) is 24.0 Å². The molecule has 5 atom stereocenters. The number of carbonyl (C=O) groups excluding carboxylic acids is 5. The second-order valence-corrected chi connectivity index (χ2v) is 7.35. The Morgan fingerprint density at radius 2 is 1.19 bits per heavy atom. The summed E-state index contributed by atoms with van der Waals surface area (Å²) in [5.41, 5.74) is 15.7. The standard InChI is InChI=1S/C17H30N6O8S/c1-7(24)13(20)16(29)22-9(3-5-12(19)26)14(27)21-8(2-4-11(18)25)15(28)23-10(6-32)17(30)31/h7-10,13,24,32H,2-6,20H2,1H3,(H2,18,25)(H2,19,26)(H,21,27)(H,22,29)(H,23,28)(H,30,31). The van der Waals surface area contributed by atoms with Gasteiger partial charge in [-0.1, -0.05) is 0 Å². The normalized spacial score (nSPS) is 15.4. The summed E-state index contributed by atoms with van der Waals surface area (Å²) in [4.78, 5) is 70.7. The van der Waals surface area contributed by atoms with Crippen LogP contribution in [-0.4, -0.2) is 81.7 Å². The number of aliphatic hydroxyl groups excluding tert-OH is 1. The van der Waals surface area contributed by atoms with E-state index >= 15 is 0 Å². The summed E-state index contributed by atoms with van der Waals surface area (Å²) < 4.78 is 0. The van der Waals surface area contributed by atoms with E-state index in [0.717, 1.165) is 0 Å². The second kappa shape index (κ2) is 14.2. The number of carbonyl (C=O) groups is 6. The molecule has 15 heteroatoms. The molecule has 32 heavy (non-hydrogen) atoms. The van der Waals surface area contributed by atoms with E-state index in [0.29, 0.717) is 0 Å². The van der Waals surface area contributed by atoms with E-state index in [4.69, 9.17) is 22.3 Å². The van der Waals surface area contributed by atoms with E-state index in [-0.39, 0.29) is 31.4 Å². The van der Waals surface area contributed by atoms with Crippen molar-refractivity contribution in [1.82, 2.24) is 16.0 Å². The minimum Gasteiger partial charge on any atom is -0.480 e. The third kappa shape index (κ3) is 10.9. The molecule has 182 valence electrons. The van der Waals surface area contributed by atoms with Crippen LogP contribution in [0, 0.1) is 0 Å². The molecular weight excluding hydrogens is 448 g/mol. The molecule has 0 bridgehead atoms. The molecular formula is C17H30N6O8S. The number of hydrogen-bond donors (Lipinski definition) is 9. The van der Waals surface area contributed by atoms with Gasteiger partial charge < -0.3 is 43.4 Å². The van der Waals surface area contributed by atoms with Crippen molar-refractivity contribution in [2.24, 2.45) is 17.2 Å². The number of rotatable bonds is 15. The number of nitrogens with two attached hydrogens (primary N) is 3. The Morgan fingerprint density at radius 3 is 1.50 bits per heavy atom. The number of carboxylic acid groups (broad SMARTS) is 1. The Kier molecular flexibility index (Phi) is 12.9. The zero-order valence-corrected chi connectivity index (χ0v) is 18.3. The van der Waals surface area contributed by atoms with Gasteiger partial charge in [-0.25, -0.2) is 4.79 Å². The van der Waals surface area contributed by atoms with Crippen LogP contribution in [0.25, 0.3) is 0 Å². The van der Waals surface area contributed by atoms with Gasteiger partial charge >= 0.3 is 5.97 Å². The van der Waals surface area contributed by atoms with Crippen molar-refractivity contribution in [3.63, 3.8) is 0 Å². The van der Waals surface area contributed by atoms with Gasteiger partial charge in [0.25, 0.3) is 0 Å². The lowest BCUT2D eigenvalue weighted by Gasteiger charge is -2.25. The first-order valence-electron chi connectivity index (χ1n) is 9.55. The largest absolute Gasteiger partial charge is 0.480 e. The van der Waals surface area contributed by atoms with Crippen molar-refractivity contribution in [3.8, 4) is 0 Å². The molecule has 0 spiro atoms. The SMILES string of the molecule is CC(O)C(N)C(=O)NC(CCC(N)=O)C(=O)NC(CCC(N)=O)C(=O)NC(CS)C(=O)O. The van der Waals surface area contributed by atoms with Crippen molar-refractivity contribution in [1.29, 1.82) is 0 Å². The molecule has 14 nitrogen and oxygen atoms in total. The summed E-state index contributed by atoms with van der Waals surface area (Å²) in [6.07, 6.45) is -2.38. The summed E-state index contributed by atoms with van der Waals surface area (Å²) >= 11 is 3.82. The highest BCUT2D eigenvalue weighted by Crippen LogP contribution is 2.04. The molecule has 0 rings (SSSR count). The lowest BCUT2D eigenvalue weighted by atomic mass is 10.1. The average Bonchev–Trinajstić information content (AvgIpc) is 2.70. The summed E-state index contributed by atoms with van der Waals surface area (Å²) in [6, 6.07) is -5.51. The first-order valence-corrected chi connectivity index (χ1v) is 10.2. The summed E-state index contributed by atoms with van der Waals surface area (Å²) in [5.74, 6) is -5.91. The van der Waals surface area contributed by atoms with Gasteiger partial charge in [0.1, 0.15) is 24.2 Å². The molecule has 0 aromatic carbocycles. The molecule has 0 aromatic heterocycles. The lowest BCUT2D eigenvalue weighted by Crippen LogP contribution is -2.58. The van der Waals surface area contributed by atoms with Gasteiger partial charge in [0, 0.05) is 18.6 Å². The van der Waals surface area contributed by atoms with Crippen molar-refractivity contribution < 1.29 is 39.0 Å². The van der Waals surface area contributed by atoms with Gasteiger partial charge in [0.2, 0.25) is 29.5 Å². The van der Waals surface area contributed by atoms with Crippen LogP contribution in [0.3, 0.4) is 0 Å². The van der Waals surface area contributed by atoms with E-state index < -0.39 is 65.8 Å². The molecule has 0 aromatic rings. The highest BCUT2D eigenvalue weighted by atomic mass is 32.1. The first kappa shape index (κ1) is 29.1. The summed E-state index contributed by atoms with van der Waals surface area (Å²) in [6.45, 7) is 1.26. The van der Waals surface area contributed by atoms with Crippen molar-refractivity contribution >= 4 is 48.1 Å². The number of nitrogens with one attached hydrogen (secondary N) is 3. The highest BCUT2D eigenvalue weighted by molar-refractivity contribution is 7.80. The minimum absolute atomic E-state index is 0.244. The Hall–Kier alpha value is -2.91. The molecule has 5 amide bonds. The number of carboxylic acids is 1. The molecule has 0 radical (unpaired) electrons. The van der Waals surface area contributed by atoms with Gasteiger partial charge in [-0.2, -0.15) is 12.6 Å². The predicted octanol–water partition coefficient (Wildman–Crippen LogP) is -4.31. The van der Waals surface area contributed by atoms with Crippen LogP contribution < -0.4 is 33.2 Å². The van der Waals surface area contributed by atoms with Crippen LogP contribution in [-0.2, 0) is 28.8 Å². The predicted molar refractivity (Wildman–Crippen MR) is 114 cm³/mol. The van der Waals surface area contributed by atoms with Crippen LogP contribution in [0.4, 0.5) is 0 Å². The third-order valence-electron chi connectivity index (χ3n) is 4.24. The van der Waals surface area contributed by atoms with E-state index in [1.54, 1.807) is 0 Å². The second-order valence-electron chi connectivity index (χ2n) is 6.98. The maximum absolute atomic E-state index is 12.7. The number of aliphatic hydroxyl groups is 1. The van der Waals surface area contributed by atoms with E-state index in [2.05, 4.69) is 28.6 Å². The smallest absolute Gasteiger partial charge is 0.327 e. The molecule has 0 saturated carbocycles. The Labute approximate surface area is 189 Å². The van der Waals surface area contributed by atoms with Crippen molar-refractivity contribution in [2.75, 3.05) is 5.75 Å². The third-order valence-corrected chi connectivity index (χ3v) is 4.61. The minimum atomic E-state index is -1.39. The molecule has 0 aliphatic carbocycles. The fraction of sp³-hybridized carbons (Fsp3) is 0.647. The zero-order chi connectivity index (χ0) is 25.0. The zero-order valence-electron chi connectivity index (χ0n) is 17.4. The van der Waals surface area contributed by atoms with Crippen LogP contribution in [0.15, 0.2) is 0 Å². The molecule has 0 aliphatic rings. The number of amides is 5. The topological polar surface area (TPSA) is 257 Å². The van der Waals surface area contributed by atoms with Gasteiger partial charge in [-0.15, -0.1) is 0 Å². The van der Waals surface area contributed by atoms with E-state index in [1.807, 2.05) is 0 Å². The van der Waals surface area contributed by atoms with Crippen molar-refractivity contribution in [3.05, 3.63) is 0 Å². The number of thiol groups is 1. The monoisotopic (exact) mass is 478 g/mol. The molecule has 0 heterocycles. The molecule has 0 fully saturated rings. The highest BCUT2D eigenvalue weighted by Gasteiger charge is 2.31. The number of hydrogen-bond acceptors (Lipinski definition) is 9. The summed E-state index contributed by atoms with van der Waals surface area (Å²) in [7, 11) is 0. The van der Waals surface area contributed by atoms with Crippen LogP contribution in [0.1, 0.15) is 32.6 Å². The number of aliphatic carboxylic acids is 1. The molecule has 5 unspecified atom stereocenters. The van der Waals surface area contributed by atoms with Gasteiger partial charge in [-0.05, 0) is 19.8 Å². The van der Waals surface area contributed by atoms with Crippen LogP contribution in [0.2, 0.25) is 0 Å². The maximum Gasteiger partial charge on any atom is 0.327 e. The lowest BCUT2D eigenvalue weighted by molar-refractivity contribution is -0.141. The Morgan fingerprint density at radius 1 is 0.812 bits per heavy atom. The molecule has 0 aliphatic heterocycles. The van der Waals surface area contributed by atoms with Gasteiger partial charge in [0.05, 0.1) is 6.10 Å².